The normalized spacial score (nSPS) is 13.5. The third-order valence-corrected chi connectivity index (χ3v) is 11.0. The van der Waals surface area contributed by atoms with E-state index in [1.807, 2.05) is 0 Å². The van der Waals surface area contributed by atoms with E-state index < -0.39 is 115 Å². The van der Waals surface area contributed by atoms with Gasteiger partial charge in [0.15, 0.2) is 11.4 Å². The van der Waals surface area contributed by atoms with Crippen LogP contribution in [0.15, 0.2) is 67.3 Å². The second-order valence-corrected chi connectivity index (χ2v) is 18.9. The Morgan fingerprint density at radius 2 is 1.66 bits per heavy atom. The number of halogens is 1. The SMILES string of the molecule is CN(CS(C)(=O)(O)CCOS(=O)(=O)O)c1nc(F)nc(Nc2ccc(N=Nc3c(C(=O)O)[nH]n(-c4ccc(S(=O)(=O)O)cc4)c3=O)c(S(=O)(=O)O)c2)n1. The first-order chi connectivity index (χ1) is 24.2. The molecule has 24 nitrogen and oxygen atoms in total. The lowest BCUT2D eigenvalue weighted by Crippen LogP contribution is -2.47. The smallest absolute Gasteiger partial charge is 0.397 e. The van der Waals surface area contributed by atoms with Gasteiger partial charge in [-0.05, 0) is 42.5 Å². The molecule has 0 bridgehead atoms. The van der Waals surface area contributed by atoms with E-state index in [0.29, 0.717) is 4.68 Å². The minimum Gasteiger partial charge on any atom is -0.476 e. The first kappa shape index (κ1) is 40.6. The van der Waals surface area contributed by atoms with Gasteiger partial charge in [0.1, 0.15) is 16.5 Å². The van der Waals surface area contributed by atoms with Gasteiger partial charge in [-0.15, -0.1) is 10.2 Å². The standard InChI is InChI=1S/C24H26FN9O15S4/c1-33(12-53(2,47,48)10-9-49-52(44,45)46)24-28-22(25)27-23(29-24)26-13-3-8-16(17(11-13)51(41,42)43)30-31-18-19(21(36)37)32-34(20(18)35)14-4-6-15(7-5-14)50(38,39)40/h3-8,11,32H,9-10,12H2,1-2H3,(H,36,37)(H,47,48)(H,38,39,40)(H,41,42,43)(H,44,45,46)(H,26,27,28,29). The Labute approximate surface area is 297 Å². The Hall–Kier alpha value is -5.14. The van der Waals surface area contributed by atoms with Gasteiger partial charge in [-0.1, -0.05) is 0 Å². The maximum atomic E-state index is 14.4. The number of anilines is 3. The Morgan fingerprint density at radius 1 is 1.02 bits per heavy atom. The second-order valence-electron chi connectivity index (χ2n) is 10.9. The monoisotopic (exact) mass is 827 g/mol. The fraction of sp³-hybridized carbons (Fsp3) is 0.208. The quantitative estimate of drug-likeness (QED) is 0.0648. The highest BCUT2D eigenvalue weighted by molar-refractivity contribution is 8.14. The van der Waals surface area contributed by atoms with Gasteiger partial charge in [0.05, 0.1) is 22.9 Å². The number of nitrogens with one attached hydrogen (secondary N) is 2. The van der Waals surface area contributed by atoms with Gasteiger partial charge in [0.2, 0.25) is 11.9 Å². The molecule has 2 aromatic carbocycles. The van der Waals surface area contributed by atoms with E-state index in [2.05, 4.69) is 39.8 Å². The molecule has 0 fully saturated rings. The first-order valence-electron chi connectivity index (χ1n) is 13.8. The third kappa shape index (κ3) is 10.7. The number of azo groups is 1. The van der Waals surface area contributed by atoms with Gasteiger partial charge in [0, 0.05) is 19.0 Å². The van der Waals surface area contributed by atoms with Gasteiger partial charge < -0.3 is 19.9 Å². The number of aromatic carboxylic acids is 1. The number of aromatic amines is 1. The van der Waals surface area contributed by atoms with E-state index in [1.165, 1.54) is 7.05 Å². The minimum absolute atomic E-state index is 0.102. The molecule has 53 heavy (non-hydrogen) atoms. The zero-order valence-corrected chi connectivity index (χ0v) is 29.9. The molecule has 0 saturated heterocycles. The molecular weight excluding hydrogens is 802 g/mol. The van der Waals surface area contributed by atoms with Crippen molar-refractivity contribution in [2.45, 2.75) is 9.79 Å². The van der Waals surface area contributed by atoms with Crippen LogP contribution in [0.4, 0.5) is 33.3 Å². The number of hydrogen-bond donors (Lipinski definition) is 7. The lowest BCUT2D eigenvalue weighted by molar-refractivity contribution is 0.0690. The average molecular weight is 828 g/mol. The van der Waals surface area contributed by atoms with Gasteiger partial charge >= 0.3 is 22.4 Å². The number of hydrogen-bond acceptors (Lipinski definition) is 17. The maximum Gasteiger partial charge on any atom is 0.397 e. The minimum atomic E-state index is -5.15. The Balaban J connectivity index is 1.64. The number of carboxylic acids is 1. The van der Waals surface area contributed by atoms with E-state index in [9.17, 15) is 57.7 Å². The second kappa shape index (κ2) is 14.4. The number of H-pyrrole nitrogens is 1. The summed E-state index contributed by atoms with van der Waals surface area (Å²) in [6.07, 6.45) is -0.562. The number of aromatic nitrogens is 5. The first-order valence-corrected chi connectivity index (χ1v) is 20.7. The highest BCUT2D eigenvalue weighted by Gasteiger charge is 2.27. The zero-order valence-electron chi connectivity index (χ0n) is 26.6. The van der Waals surface area contributed by atoms with Crippen molar-refractivity contribution in [3.63, 3.8) is 0 Å². The molecule has 0 aliphatic rings. The largest absolute Gasteiger partial charge is 0.476 e. The molecule has 0 unspecified atom stereocenters. The van der Waals surface area contributed by atoms with Crippen molar-refractivity contribution in [3.8, 4) is 5.69 Å². The van der Waals surface area contributed by atoms with E-state index in [4.69, 9.17) is 9.11 Å². The fourth-order valence-electron chi connectivity index (χ4n) is 4.27. The molecule has 0 aliphatic carbocycles. The van der Waals surface area contributed by atoms with Crippen LogP contribution in [-0.4, -0.2) is 115 Å². The summed E-state index contributed by atoms with van der Waals surface area (Å²) in [5, 5.41) is 21.4. The third-order valence-electron chi connectivity index (χ3n) is 6.53. The summed E-state index contributed by atoms with van der Waals surface area (Å²) in [6, 6.07) is 6.70. The van der Waals surface area contributed by atoms with Gasteiger partial charge in [0.25, 0.3) is 25.8 Å². The van der Waals surface area contributed by atoms with E-state index in [1.54, 1.807) is 0 Å². The summed E-state index contributed by atoms with van der Waals surface area (Å²) in [5.74, 6) is -4.42. The van der Waals surface area contributed by atoms with Crippen molar-refractivity contribution < 1.29 is 66.1 Å². The number of nitrogens with zero attached hydrogens (tertiary/aromatic N) is 7. The van der Waals surface area contributed by atoms with Gasteiger partial charge in [-0.3, -0.25) is 23.6 Å². The Bertz CT molecular complexity index is 2590. The number of carboxylic acid groups (broad SMARTS) is 1. The van der Waals surface area contributed by atoms with Crippen LogP contribution in [0.1, 0.15) is 10.5 Å². The molecule has 4 aromatic rings. The van der Waals surface area contributed by atoms with Crippen molar-refractivity contribution in [2.24, 2.45) is 10.2 Å². The summed E-state index contributed by atoms with van der Waals surface area (Å²) in [5.41, 5.74) is -3.81. The fourth-order valence-corrected chi connectivity index (χ4v) is 7.55. The van der Waals surface area contributed by atoms with Crippen LogP contribution in [0, 0.1) is 6.08 Å². The van der Waals surface area contributed by atoms with Crippen LogP contribution < -0.4 is 15.8 Å². The lowest BCUT2D eigenvalue weighted by Gasteiger charge is -2.41. The van der Waals surface area contributed by atoms with Crippen LogP contribution >= 0.6 is 0 Å². The summed E-state index contributed by atoms with van der Waals surface area (Å²) in [4.78, 5) is 35.1. The van der Waals surface area contributed by atoms with Crippen molar-refractivity contribution in [3.05, 3.63) is 64.6 Å². The highest BCUT2D eigenvalue weighted by Crippen LogP contribution is 2.31. The topological polar surface area (TPSA) is 363 Å². The predicted molar refractivity (Wildman–Crippen MR) is 179 cm³/mol. The molecule has 0 radical (unpaired) electrons. The van der Waals surface area contributed by atoms with Gasteiger partial charge in [-0.25, -0.2) is 17.9 Å². The van der Waals surface area contributed by atoms with E-state index >= 15 is 0 Å². The van der Waals surface area contributed by atoms with Gasteiger partial charge in [-0.2, -0.15) is 53.9 Å². The van der Waals surface area contributed by atoms with Crippen LogP contribution in [-0.2, 0) is 44.2 Å². The number of rotatable bonds is 15. The highest BCUT2D eigenvalue weighted by atomic mass is 32.3. The molecule has 0 spiro atoms. The summed E-state index contributed by atoms with van der Waals surface area (Å²) in [7, 11) is -18.2. The average Bonchev–Trinajstić information content (AvgIpc) is 3.34. The molecule has 0 saturated carbocycles. The number of carbonyl (C=O) groups is 1. The van der Waals surface area contributed by atoms with Crippen LogP contribution in [0.2, 0.25) is 0 Å². The van der Waals surface area contributed by atoms with Crippen molar-refractivity contribution in [1.29, 1.82) is 0 Å². The van der Waals surface area contributed by atoms with Crippen LogP contribution in [0.3, 0.4) is 0 Å². The van der Waals surface area contributed by atoms with E-state index in [0.717, 1.165) is 53.6 Å². The van der Waals surface area contributed by atoms with Crippen molar-refractivity contribution in [2.75, 3.05) is 41.8 Å². The van der Waals surface area contributed by atoms with E-state index in [-0.39, 0.29) is 11.4 Å². The summed E-state index contributed by atoms with van der Waals surface area (Å²) < 4.78 is 139. The molecule has 0 amide bonds. The van der Waals surface area contributed by atoms with Crippen molar-refractivity contribution in [1.82, 2.24) is 24.7 Å². The molecule has 0 atom stereocenters. The maximum absolute atomic E-state index is 14.4. The number of benzene rings is 2. The van der Waals surface area contributed by atoms with Crippen LogP contribution in [0.5, 0.6) is 0 Å². The molecule has 288 valence electrons. The lowest BCUT2D eigenvalue weighted by atomic mass is 10.3. The van der Waals surface area contributed by atoms with Crippen LogP contribution in [0.25, 0.3) is 5.69 Å². The molecule has 0 aliphatic heterocycles. The van der Waals surface area contributed by atoms with Crippen molar-refractivity contribution >= 4 is 74.9 Å². The molecule has 7 N–H and O–H groups in total. The summed E-state index contributed by atoms with van der Waals surface area (Å²) in [6.45, 7) is -0.880. The molecule has 2 heterocycles. The Kier molecular flexibility index (Phi) is 11.0. The predicted octanol–water partition coefficient (Wildman–Crippen LogP) is 0.976. The molecule has 2 aromatic heterocycles. The molecule has 29 heteroatoms. The molecule has 4 rings (SSSR count). The Morgan fingerprint density at radius 3 is 2.23 bits per heavy atom. The summed E-state index contributed by atoms with van der Waals surface area (Å²) >= 11 is 0. The molecular formula is C24H26FN9O15S4. The zero-order chi connectivity index (χ0) is 39.8.